The van der Waals surface area contributed by atoms with E-state index in [9.17, 15) is 4.79 Å². The van der Waals surface area contributed by atoms with E-state index in [0.717, 1.165) is 11.1 Å². The van der Waals surface area contributed by atoms with Crippen molar-refractivity contribution >= 4 is 22.7 Å². The number of carbonyl (C=O) groups is 1. The SMILES string of the molecule is COc1ccc(C(=O)Nc2ccc3oc(-c4ccccc4C)nc3c2)cc1OC. The molecule has 0 unspecified atom stereocenters. The predicted octanol–water partition coefficient (Wildman–Crippen LogP) is 5.07. The lowest BCUT2D eigenvalue weighted by molar-refractivity contribution is 0.102. The molecule has 0 fully saturated rings. The zero-order valence-electron chi connectivity index (χ0n) is 16.4. The number of rotatable bonds is 5. The number of benzene rings is 3. The number of methoxy groups -OCH3 is 2. The van der Waals surface area contributed by atoms with Crippen molar-refractivity contribution in [2.24, 2.45) is 0 Å². The molecule has 0 saturated carbocycles. The number of anilines is 1. The third-order valence-electron chi connectivity index (χ3n) is 4.67. The summed E-state index contributed by atoms with van der Waals surface area (Å²) in [7, 11) is 3.08. The van der Waals surface area contributed by atoms with E-state index in [-0.39, 0.29) is 5.91 Å². The van der Waals surface area contributed by atoms with Crippen LogP contribution in [0.25, 0.3) is 22.6 Å². The van der Waals surface area contributed by atoms with Crippen LogP contribution in [0.2, 0.25) is 0 Å². The summed E-state index contributed by atoms with van der Waals surface area (Å²) >= 11 is 0. The largest absolute Gasteiger partial charge is 0.493 e. The van der Waals surface area contributed by atoms with Crippen molar-refractivity contribution in [3.8, 4) is 23.0 Å². The number of fused-ring (bicyclic) bond motifs is 1. The number of hydrogen-bond acceptors (Lipinski definition) is 5. The number of nitrogens with one attached hydrogen (secondary N) is 1. The highest BCUT2D eigenvalue weighted by Gasteiger charge is 2.14. The average molecular weight is 388 g/mol. The second kappa shape index (κ2) is 7.67. The van der Waals surface area contributed by atoms with Crippen molar-refractivity contribution in [3.05, 3.63) is 71.8 Å². The second-order valence-corrected chi connectivity index (χ2v) is 6.54. The van der Waals surface area contributed by atoms with Gasteiger partial charge in [0.1, 0.15) is 5.52 Å². The Morgan fingerprint density at radius 2 is 1.76 bits per heavy atom. The molecule has 6 heteroatoms. The third kappa shape index (κ3) is 3.65. The normalized spacial score (nSPS) is 10.7. The van der Waals surface area contributed by atoms with Gasteiger partial charge >= 0.3 is 0 Å². The Morgan fingerprint density at radius 3 is 2.52 bits per heavy atom. The molecule has 0 radical (unpaired) electrons. The zero-order valence-corrected chi connectivity index (χ0v) is 16.4. The lowest BCUT2D eigenvalue weighted by Gasteiger charge is -2.10. The molecule has 0 atom stereocenters. The standard InChI is InChI=1S/C23H20N2O4/c1-14-6-4-5-7-17(14)23-25-18-13-16(9-11-19(18)29-23)24-22(26)15-8-10-20(27-2)21(12-15)28-3/h4-13H,1-3H3,(H,24,26). The van der Waals surface area contributed by atoms with E-state index < -0.39 is 0 Å². The number of carbonyl (C=O) groups excluding carboxylic acids is 1. The Kier molecular flexibility index (Phi) is 4.91. The molecule has 1 amide bonds. The number of aromatic nitrogens is 1. The fourth-order valence-electron chi connectivity index (χ4n) is 3.11. The highest BCUT2D eigenvalue weighted by atomic mass is 16.5. The minimum Gasteiger partial charge on any atom is -0.493 e. The van der Waals surface area contributed by atoms with Gasteiger partial charge < -0.3 is 19.2 Å². The number of ether oxygens (including phenoxy) is 2. The predicted molar refractivity (Wildman–Crippen MR) is 112 cm³/mol. The highest BCUT2D eigenvalue weighted by molar-refractivity contribution is 6.05. The van der Waals surface area contributed by atoms with Crippen LogP contribution in [0.3, 0.4) is 0 Å². The number of hydrogen-bond donors (Lipinski definition) is 1. The molecule has 29 heavy (non-hydrogen) atoms. The minimum absolute atomic E-state index is 0.257. The summed E-state index contributed by atoms with van der Waals surface area (Å²) in [5.74, 6) is 1.36. The Morgan fingerprint density at radius 1 is 0.966 bits per heavy atom. The summed E-state index contributed by atoms with van der Waals surface area (Å²) in [4.78, 5) is 17.2. The Hall–Kier alpha value is -3.80. The van der Waals surface area contributed by atoms with Crippen LogP contribution in [0.5, 0.6) is 11.5 Å². The van der Waals surface area contributed by atoms with Gasteiger partial charge in [0.05, 0.1) is 14.2 Å². The molecule has 1 aromatic heterocycles. The Labute approximate surface area is 168 Å². The van der Waals surface area contributed by atoms with Crippen LogP contribution < -0.4 is 14.8 Å². The second-order valence-electron chi connectivity index (χ2n) is 6.54. The van der Waals surface area contributed by atoms with Crippen molar-refractivity contribution < 1.29 is 18.7 Å². The molecule has 0 spiro atoms. The molecule has 0 aliphatic heterocycles. The first-order valence-corrected chi connectivity index (χ1v) is 9.09. The molecule has 3 aromatic carbocycles. The summed E-state index contributed by atoms with van der Waals surface area (Å²) in [6.07, 6.45) is 0. The smallest absolute Gasteiger partial charge is 0.255 e. The molecule has 4 rings (SSSR count). The number of amides is 1. The van der Waals surface area contributed by atoms with E-state index in [1.54, 1.807) is 43.5 Å². The molecule has 0 aliphatic rings. The van der Waals surface area contributed by atoms with E-state index in [4.69, 9.17) is 13.9 Å². The summed E-state index contributed by atoms with van der Waals surface area (Å²) in [5.41, 5.74) is 4.45. The topological polar surface area (TPSA) is 73.6 Å². The van der Waals surface area contributed by atoms with Crippen LogP contribution in [-0.4, -0.2) is 25.1 Å². The summed E-state index contributed by atoms with van der Waals surface area (Å²) < 4.78 is 16.4. The van der Waals surface area contributed by atoms with E-state index in [1.165, 1.54) is 7.11 Å². The summed E-state index contributed by atoms with van der Waals surface area (Å²) in [5, 5.41) is 2.88. The average Bonchev–Trinajstić information content (AvgIpc) is 3.16. The highest BCUT2D eigenvalue weighted by Crippen LogP contribution is 2.30. The van der Waals surface area contributed by atoms with Gasteiger partial charge in [-0.2, -0.15) is 0 Å². The van der Waals surface area contributed by atoms with Crippen molar-refractivity contribution in [3.63, 3.8) is 0 Å². The van der Waals surface area contributed by atoms with Gasteiger partial charge in [-0.25, -0.2) is 4.98 Å². The van der Waals surface area contributed by atoms with Crippen LogP contribution in [0.15, 0.2) is 65.1 Å². The summed E-state index contributed by atoms with van der Waals surface area (Å²) in [6, 6.07) is 18.3. The van der Waals surface area contributed by atoms with Crippen molar-refractivity contribution in [1.29, 1.82) is 0 Å². The molecule has 1 N–H and O–H groups in total. The van der Waals surface area contributed by atoms with Crippen molar-refractivity contribution in [2.45, 2.75) is 6.92 Å². The molecule has 6 nitrogen and oxygen atoms in total. The van der Waals surface area contributed by atoms with Crippen molar-refractivity contribution in [2.75, 3.05) is 19.5 Å². The molecule has 146 valence electrons. The molecule has 0 bridgehead atoms. The van der Waals surface area contributed by atoms with Gasteiger partial charge in [-0.15, -0.1) is 0 Å². The maximum absolute atomic E-state index is 12.6. The van der Waals surface area contributed by atoms with Gasteiger partial charge in [0.2, 0.25) is 5.89 Å². The first-order valence-electron chi connectivity index (χ1n) is 9.09. The quantitative estimate of drug-likeness (QED) is 0.516. The molecule has 0 aliphatic carbocycles. The fourth-order valence-corrected chi connectivity index (χ4v) is 3.11. The lowest BCUT2D eigenvalue weighted by atomic mass is 10.1. The maximum atomic E-state index is 12.6. The van der Waals surface area contributed by atoms with Crippen LogP contribution in [-0.2, 0) is 0 Å². The molecular weight excluding hydrogens is 368 g/mol. The number of nitrogens with zero attached hydrogens (tertiary/aromatic N) is 1. The summed E-state index contributed by atoms with van der Waals surface area (Å²) in [6.45, 7) is 2.01. The van der Waals surface area contributed by atoms with Gasteiger partial charge in [0.25, 0.3) is 5.91 Å². The third-order valence-corrected chi connectivity index (χ3v) is 4.67. The molecular formula is C23H20N2O4. The van der Waals surface area contributed by atoms with Gasteiger partial charge in [-0.05, 0) is 55.0 Å². The van der Waals surface area contributed by atoms with E-state index in [1.807, 2.05) is 31.2 Å². The fraction of sp³-hybridized carbons (Fsp3) is 0.130. The van der Waals surface area contributed by atoms with Gasteiger partial charge in [0.15, 0.2) is 17.1 Å². The molecule has 0 saturated heterocycles. The first kappa shape index (κ1) is 18.6. The monoisotopic (exact) mass is 388 g/mol. The zero-order chi connectivity index (χ0) is 20.4. The minimum atomic E-state index is -0.257. The molecule has 1 heterocycles. The van der Waals surface area contributed by atoms with Crippen LogP contribution >= 0.6 is 0 Å². The van der Waals surface area contributed by atoms with E-state index in [0.29, 0.717) is 39.7 Å². The van der Waals surface area contributed by atoms with E-state index in [2.05, 4.69) is 10.3 Å². The van der Waals surface area contributed by atoms with Gasteiger partial charge in [-0.1, -0.05) is 18.2 Å². The number of oxazole rings is 1. The van der Waals surface area contributed by atoms with E-state index >= 15 is 0 Å². The van der Waals surface area contributed by atoms with Crippen LogP contribution in [0, 0.1) is 6.92 Å². The first-order chi connectivity index (χ1) is 14.1. The number of aryl methyl sites for hydroxylation is 1. The Balaban J connectivity index is 1.60. The lowest BCUT2D eigenvalue weighted by Crippen LogP contribution is -2.12. The van der Waals surface area contributed by atoms with Crippen LogP contribution in [0.1, 0.15) is 15.9 Å². The molecule has 4 aromatic rings. The van der Waals surface area contributed by atoms with Gasteiger partial charge in [0, 0.05) is 16.8 Å². The van der Waals surface area contributed by atoms with Crippen LogP contribution in [0.4, 0.5) is 5.69 Å². The van der Waals surface area contributed by atoms with Gasteiger partial charge in [-0.3, -0.25) is 4.79 Å². The maximum Gasteiger partial charge on any atom is 0.255 e. The van der Waals surface area contributed by atoms with Crippen molar-refractivity contribution in [1.82, 2.24) is 4.98 Å². The Bertz CT molecular complexity index is 1200.